The molecule has 4 nitrogen and oxygen atoms in total. The summed E-state index contributed by atoms with van der Waals surface area (Å²) in [6, 6.07) is 7.82. The van der Waals surface area contributed by atoms with Crippen LogP contribution in [-0.4, -0.2) is 10.1 Å². The van der Waals surface area contributed by atoms with Crippen LogP contribution in [0, 0.1) is 6.92 Å². The van der Waals surface area contributed by atoms with Gasteiger partial charge in [-0.25, -0.2) is 4.57 Å². The number of oxazole rings is 1. The van der Waals surface area contributed by atoms with Gasteiger partial charge < -0.3 is 9.52 Å². The topological polar surface area (TPSA) is 50.1 Å². The highest BCUT2D eigenvalue weighted by molar-refractivity contribution is 5.86. The summed E-state index contributed by atoms with van der Waals surface area (Å²) in [4.78, 5) is 4.35. The minimum Gasteiger partial charge on any atom is -0.415 e. The first-order chi connectivity index (χ1) is 8.20. The summed E-state index contributed by atoms with van der Waals surface area (Å²) in [5, 5.41) is 10.4. The summed E-state index contributed by atoms with van der Waals surface area (Å²) in [5.41, 5.74) is 3.46. The first kappa shape index (κ1) is 10.2. The average Bonchev–Trinajstić information content (AvgIpc) is 2.69. The molecule has 0 atom stereocenters. The van der Waals surface area contributed by atoms with Gasteiger partial charge in [0.05, 0.1) is 13.7 Å². The number of rotatable bonds is 1. The van der Waals surface area contributed by atoms with Crippen molar-refractivity contribution in [2.45, 2.75) is 13.5 Å². The molecule has 0 aliphatic heterocycles. The predicted octanol–water partition coefficient (Wildman–Crippen LogP) is 1.61. The zero-order chi connectivity index (χ0) is 12.0. The van der Waals surface area contributed by atoms with Gasteiger partial charge in [-0.3, -0.25) is 0 Å². The van der Waals surface area contributed by atoms with E-state index in [1.165, 1.54) is 0 Å². The molecule has 3 aromatic rings. The lowest BCUT2D eigenvalue weighted by atomic mass is 10.1. The average molecular weight is 229 g/mol. The fourth-order valence-corrected chi connectivity index (χ4v) is 2.28. The molecule has 0 saturated heterocycles. The second-order valence-electron chi connectivity index (χ2n) is 4.14. The second kappa shape index (κ2) is 3.53. The first-order valence-corrected chi connectivity index (χ1v) is 5.49. The molecular weight excluding hydrogens is 216 g/mol. The van der Waals surface area contributed by atoms with E-state index in [9.17, 15) is 5.11 Å². The molecule has 2 aromatic heterocycles. The van der Waals surface area contributed by atoms with E-state index in [1.54, 1.807) is 0 Å². The Labute approximate surface area is 98.1 Å². The Morgan fingerprint density at radius 3 is 3.00 bits per heavy atom. The van der Waals surface area contributed by atoms with Crippen LogP contribution in [0.3, 0.4) is 0 Å². The van der Waals surface area contributed by atoms with Gasteiger partial charge >= 0.3 is 11.5 Å². The highest BCUT2D eigenvalue weighted by Gasteiger charge is 2.18. The molecule has 1 aromatic carbocycles. The van der Waals surface area contributed by atoms with Gasteiger partial charge in [0.15, 0.2) is 0 Å². The fraction of sp³-hybridized carbons (Fsp3) is 0.231. The minimum atomic E-state index is 0.0213. The molecule has 1 N–H and O–H groups in total. The smallest absolute Gasteiger partial charge is 0.370 e. The highest BCUT2D eigenvalue weighted by Crippen LogP contribution is 2.21. The quantitative estimate of drug-likeness (QED) is 0.645. The summed E-state index contributed by atoms with van der Waals surface area (Å²) < 4.78 is 7.50. The molecule has 86 valence electrons. The Bertz CT molecular complexity index is 716. The molecule has 4 heteroatoms. The Morgan fingerprint density at radius 2 is 2.24 bits per heavy atom. The van der Waals surface area contributed by atoms with E-state index in [1.807, 2.05) is 42.8 Å². The molecule has 0 saturated carbocycles. The fourth-order valence-electron chi connectivity index (χ4n) is 2.28. The van der Waals surface area contributed by atoms with Crippen LogP contribution in [0.5, 0.6) is 0 Å². The van der Waals surface area contributed by atoms with Crippen LogP contribution in [0.1, 0.15) is 11.5 Å². The third kappa shape index (κ3) is 1.41. The molecule has 0 aliphatic carbocycles. The summed E-state index contributed by atoms with van der Waals surface area (Å²) >= 11 is 0. The molecule has 2 heterocycles. The molecule has 0 radical (unpaired) electrons. The standard InChI is InChI=1S/C13H13N2O2/c1-8-14-13-11(17-8)6-9-4-3-5-10(7-16)12(9)15(13)2/h3-6,16H,7H2,1-2H3/q+1. The van der Waals surface area contributed by atoms with Crippen LogP contribution in [-0.2, 0) is 13.7 Å². The van der Waals surface area contributed by atoms with Crippen LogP contribution in [0.4, 0.5) is 0 Å². The molecule has 0 spiro atoms. The van der Waals surface area contributed by atoms with Gasteiger partial charge in [-0.1, -0.05) is 18.2 Å². The number of pyridine rings is 1. The molecule has 0 fully saturated rings. The van der Waals surface area contributed by atoms with E-state index in [4.69, 9.17) is 4.42 Å². The SMILES string of the molecule is Cc1nc2c(cc3cccc(CO)c3[n+]2C)o1. The zero-order valence-electron chi connectivity index (χ0n) is 9.77. The lowest BCUT2D eigenvalue weighted by molar-refractivity contribution is -0.620. The molecule has 0 amide bonds. The maximum absolute atomic E-state index is 9.38. The summed E-state index contributed by atoms with van der Waals surface area (Å²) in [6.07, 6.45) is 0. The van der Waals surface area contributed by atoms with Crippen molar-refractivity contribution in [3.63, 3.8) is 0 Å². The Morgan fingerprint density at radius 1 is 1.41 bits per heavy atom. The molecular formula is C13H13N2O2+. The maximum Gasteiger partial charge on any atom is 0.370 e. The van der Waals surface area contributed by atoms with E-state index >= 15 is 0 Å². The van der Waals surface area contributed by atoms with E-state index in [0.717, 1.165) is 27.7 Å². The summed E-state index contributed by atoms with van der Waals surface area (Å²) in [6.45, 7) is 1.85. The van der Waals surface area contributed by atoms with E-state index in [-0.39, 0.29) is 6.61 Å². The highest BCUT2D eigenvalue weighted by atomic mass is 16.3. The van der Waals surface area contributed by atoms with Crippen molar-refractivity contribution in [2.75, 3.05) is 0 Å². The predicted molar refractivity (Wildman–Crippen MR) is 63.4 cm³/mol. The van der Waals surface area contributed by atoms with Crippen molar-refractivity contribution >= 4 is 22.1 Å². The normalized spacial score (nSPS) is 11.5. The molecule has 17 heavy (non-hydrogen) atoms. The van der Waals surface area contributed by atoms with E-state index in [2.05, 4.69) is 4.98 Å². The molecule has 0 bridgehead atoms. The number of aliphatic hydroxyl groups excluding tert-OH is 1. The van der Waals surface area contributed by atoms with E-state index in [0.29, 0.717) is 5.89 Å². The number of aromatic nitrogens is 2. The largest absolute Gasteiger partial charge is 0.415 e. The molecule has 0 unspecified atom stereocenters. The number of hydrogen-bond donors (Lipinski definition) is 1. The van der Waals surface area contributed by atoms with E-state index < -0.39 is 0 Å². The van der Waals surface area contributed by atoms with Gasteiger partial charge in [-0.2, -0.15) is 0 Å². The summed E-state index contributed by atoms with van der Waals surface area (Å²) in [7, 11) is 1.94. The molecule has 0 aliphatic rings. The van der Waals surface area contributed by atoms with Crippen molar-refractivity contribution in [1.82, 2.24) is 4.98 Å². The first-order valence-electron chi connectivity index (χ1n) is 5.49. The number of benzene rings is 1. The maximum atomic E-state index is 9.38. The number of nitrogens with zero attached hydrogens (tertiary/aromatic N) is 2. The Kier molecular flexibility index (Phi) is 2.12. The lowest BCUT2D eigenvalue weighted by Gasteiger charge is -2.03. The van der Waals surface area contributed by atoms with Crippen molar-refractivity contribution in [3.8, 4) is 0 Å². The minimum absolute atomic E-state index is 0.0213. The number of aryl methyl sites for hydroxylation is 2. The summed E-state index contributed by atoms with van der Waals surface area (Å²) in [5.74, 6) is 0.649. The van der Waals surface area contributed by atoms with Crippen LogP contribution < -0.4 is 4.57 Å². The second-order valence-corrected chi connectivity index (χ2v) is 4.14. The lowest BCUT2D eigenvalue weighted by Crippen LogP contribution is -2.31. The van der Waals surface area contributed by atoms with Crippen LogP contribution >= 0.6 is 0 Å². The number of fused-ring (bicyclic) bond motifs is 2. The number of para-hydroxylation sites is 1. The van der Waals surface area contributed by atoms with Crippen molar-refractivity contribution in [2.24, 2.45) is 7.05 Å². The van der Waals surface area contributed by atoms with Gasteiger partial charge in [-0.05, 0) is 4.98 Å². The van der Waals surface area contributed by atoms with Gasteiger partial charge in [0, 0.05) is 23.9 Å². The van der Waals surface area contributed by atoms with Crippen molar-refractivity contribution in [3.05, 3.63) is 35.7 Å². The Hall–Kier alpha value is -1.94. The molecule has 3 rings (SSSR count). The van der Waals surface area contributed by atoms with Gasteiger partial charge in [0.25, 0.3) is 0 Å². The Balaban J connectivity index is 2.54. The number of hydrogen-bond acceptors (Lipinski definition) is 3. The van der Waals surface area contributed by atoms with Crippen molar-refractivity contribution < 1.29 is 14.1 Å². The third-order valence-electron chi connectivity index (χ3n) is 3.00. The monoisotopic (exact) mass is 229 g/mol. The van der Waals surface area contributed by atoms with Crippen LogP contribution in [0.25, 0.3) is 22.1 Å². The van der Waals surface area contributed by atoms with Crippen LogP contribution in [0.2, 0.25) is 0 Å². The van der Waals surface area contributed by atoms with Crippen LogP contribution in [0.15, 0.2) is 28.7 Å². The third-order valence-corrected chi connectivity index (χ3v) is 3.00. The zero-order valence-corrected chi connectivity index (χ0v) is 9.77. The van der Waals surface area contributed by atoms with Gasteiger partial charge in [-0.15, -0.1) is 0 Å². The van der Waals surface area contributed by atoms with Gasteiger partial charge in [0.2, 0.25) is 5.58 Å². The van der Waals surface area contributed by atoms with Gasteiger partial charge in [0.1, 0.15) is 5.52 Å². The number of aliphatic hydroxyl groups is 1. The van der Waals surface area contributed by atoms with Crippen molar-refractivity contribution in [1.29, 1.82) is 0 Å².